The smallest absolute Gasteiger partial charge is 0.338 e. The third kappa shape index (κ3) is 10.1. The Morgan fingerprint density at radius 1 is 0.917 bits per heavy atom. The van der Waals surface area contributed by atoms with Gasteiger partial charge in [0, 0.05) is 13.2 Å². The topological polar surface area (TPSA) is 99.4 Å². The summed E-state index contributed by atoms with van der Waals surface area (Å²) in [6.07, 6.45) is 7.38. The molecule has 1 atom stereocenters. The molecule has 0 saturated heterocycles. The summed E-state index contributed by atoms with van der Waals surface area (Å²) in [5, 5.41) is 34.0. The van der Waals surface area contributed by atoms with E-state index in [1.54, 1.807) is 7.11 Å². The lowest BCUT2D eigenvalue weighted by molar-refractivity contribution is -0.0328. The van der Waals surface area contributed by atoms with Crippen molar-refractivity contribution < 1.29 is 29.3 Å². The first-order valence-corrected chi connectivity index (χ1v) is 10.4. The van der Waals surface area contributed by atoms with Gasteiger partial charge in [0.2, 0.25) is 0 Å². The van der Waals surface area contributed by atoms with Gasteiger partial charge < -0.3 is 29.3 Å². The number of allylic oxidation sites excluding steroid dienone is 1. The summed E-state index contributed by atoms with van der Waals surface area (Å²) in [6, 6.07) is 0.800. The van der Waals surface area contributed by atoms with E-state index in [1.165, 1.54) is 0 Å². The fraction of sp³-hybridized carbons (Fsp3) is 0.647. The largest absolute Gasteiger partial charge is 0.398 e. The van der Waals surface area contributed by atoms with Gasteiger partial charge in [-0.15, -0.1) is 19.7 Å². The lowest BCUT2D eigenvalue weighted by Crippen LogP contribution is -2.40. The zero-order chi connectivity index (χ0) is 19.1. The highest BCUT2D eigenvalue weighted by atomic mass is 28.4. The van der Waals surface area contributed by atoms with Crippen molar-refractivity contribution in [1.29, 1.82) is 0 Å². The van der Waals surface area contributed by atoms with E-state index in [-0.39, 0.29) is 6.10 Å². The van der Waals surface area contributed by atoms with E-state index in [9.17, 15) is 0 Å². The minimum Gasteiger partial charge on any atom is -0.398 e. The minimum absolute atomic E-state index is 0.136. The van der Waals surface area contributed by atoms with Crippen molar-refractivity contribution in [2.45, 2.75) is 31.5 Å². The molecule has 0 aliphatic heterocycles. The number of hydrogen-bond donors (Lipinski definition) is 4. The van der Waals surface area contributed by atoms with Gasteiger partial charge in [-0.3, -0.25) is 0 Å². The summed E-state index contributed by atoms with van der Waals surface area (Å²) in [6.45, 7) is 11.6. The van der Waals surface area contributed by atoms with Gasteiger partial charge in [-0.1, -0.05) is 18.2 Å². The average Bonchev–Trinajstić information content (AvgIpc) is 2.59. The Balaban J connectivity index is 0. The molecule has 0 fully saturated rings. The maximum absolute atomic E-state index is 8.50. The van der Waals surface area contributed by atoms with Crippen LogP contribution in [0.5, 0.6) is 0 Å². The van der Waals surface area contributed by atoms with Crippen molar-refractivity contribution in [3.63, 3.8) is 0 Å². The van der Waals surface area contributed by atoms with Gasteiger partial charge in [0.1, 0.15) is 0 Å². The molecule has 0 aliphatic rings. The van der Waals surface area contributed by atoms with Gasteiger partial charge in [0.15, 0.2) is 0 Å². The van der Waals surface area contributed by atoms with Crippen LogP contribution in [0.4, 0.5) is 0 Å². The molecule has 1 unspecified atom stereocenters. The van der Waals surface area contributed by atoms with E-state index in [0.29, 0.717) is 0 Å². The van der Waals surface area contributed by atoms with Crippen LogP contribution in [0, 0.1) is 5.41 Å². The molecule has 0 rings (SSSR count). The highest BCUT2D eigenvalue weighted by molar-refractivity contribution is 6.66. The highest BCUT2D eigenvalue weighted by Crippen LogP contribution is 2.19. The zero-order valence-electron chi connectivity index (χ0n) is 15.0. The summed E-state index contributed by atoms with van der Waals surface area (Å²) in [5.41, 5.74) is -1.11. The van der Waals surface area contributed by atoms with E-state index < -0.39 is 40.4 Å². The van der Waals surface area contributed by atoms with Crippen LogP contribution in [0.25, 0.3) is 0 Å². The molecule has 0 saturated carbocycles. The first-order valence-electron chi connectivity index (χ1n) is 7.85. The number of hydrogen-bond acceptors (Lipinski definition) is 6. The van der Waals surface area contributed by atoms with Gasteiger partial charge in [-0.2, -0.15) is 0 Å². The molecule has 7 heteroatoms. The Bertz CT molecular complexity index is 318. The lowest BCUT2D eigenvalue weighted by Gasteiger charge is -2.28. The van der Waals surface area contributed by atoms with E-state index in [2.05, 4.69) is 19.7 Å². The maximum atomic E-state index is 8.50. The van der Waals surface area contributed by atoms with Crippen molar-refractivity contribution in [2.75, 3.05) is 33.5 Å². The standard InChI is InChI=1S/C12H22O2Si.C5H12O4/c1-6-9-12(10-7-2)14-15(5,13-4)11-8-3;6-1-5(2-7,3-8)4-9/h6-8,12H,1-3,9-11H2,4-5H3;6-9H,1-4H2. The molecule has 142 valence electrons. The molecule has 0 heterocycles. The van der Waals surface area contributed by atoms with E-state index >= 15 is 0 Å². The zero-order valence-corrected chi connectivity index (χ0v) is 16.0. The normalized spacial score (nSPS) is 13.6. The summed E-state index contributed by atoms with van der Waals surface area (Å²) >= 11 is 0. The molecule has 0 bridgehead atoms. The predicted molar refractivity (Wildman–Crippen MR) is 98.9 cm³/mol. The first-order chi connectivity index (χ1) is 11.4. The molecule has 0 radical (unpaired) electrons. The van der Waals surface area contributed by atoms with E-state index in [4.69, 9.17) is 29.3 Å². The van der Waals surface area contributed by atoms with Crippen LogP contribution >= 0.6 is 0 Å². The summed E-state index contributed by atoms with van der Waals surface area (Å²) in [4.78, 5) is 0. The number of aliphatic hydroxyl groups is 4. The summed E-state index contributed by atoms with van der Waals surface area (Å²) in [7, 11) is -0.372. The molecular weight excluding hydrogens is 328 g/mol. The Labute approximate surface area is 147 Å². The molecule has 4 N–H and O–H groups in total. The second kappa shape index (κ2) is 14.5. The molecular formula is C17H34O6Si. The molecule has 0 spiro atoms. The maximum Gasteiger partial charge on any atom is 0.338 e. The summed E-state index contributed by atoms with van der Waals surface area (Å²) < 4.78 is 11.5. The Kier molecular flexibility index (Phi) is 15.4. The second-order valence-corrected chi connectivity index (χ2v) is 9.07. The van der Waals surface area contributed by atoms with Crippen LogP contribution < -0.4 is 0 Å². The second-order valence-electron chi connectivity index (χ2n) is 5.75. The van der Waals surface area contributed by atoms with Gasteiger partial charge in [-0.25, -0.2) is 0 Å². The molecule has 0 aliphatic carbocycles. The summed E-state index contributed by atoms with van der Waals surface area (Å²) in [5.74, 6) is 0. The molecule has 24 heavy (non-hydrogen) atoms. The third-order valence-electron chi connectivity index (χ3n) is 3.56. The van der Waals surface area contributed by atoms with Crippen LogP contribution in [-0.4, -0.2) is 68.6 Å². The van der Waals surface area contributed by atoms with Crippen LogP contribution in [0.1, 0.15) is 12.8 Å². The van der Waals surface area contributed by atoms with Crippen molar-refractivity contribution in [3.8, 4) is 0 Å². The van der Waals surface area contributed by atoms with Gasteiger partial charge in [0.05, 0.1) is 37.9 Å². The molecule has 0 aromatic carbocycles. The van der Waals surface area contributed by atoms with Crippen LogP contribution in [-0.2, 0) is 8.85 Å². The van der Waals surface area contributed by atoms with Crippen LogP contribution in [0.15, 0.2) is 38.0 Å². The van der Waals surface area contributed by atoms with Crippen LogP contribution in [0.3, 0.4) is 0 Å². The van der Waals surface area contributed by atoms with Crippen LogP contribution in [0.2, 0.25) is 12.6 Å². The van der Waals surface area contributed by atoms with Gasteiger partial charge in [-0.05, 0) is 19.4 Å². The molecule has 0 aromatic rings. The minimum atomic E-state index is -2.07. The third-order valence-corrected chi connectivity index (χ3v) is 6.29. The Hall–Kier alpha value is -0.803. The predicted octanol–water partition coefficient (Wildman–Crippen LogP) is 1.37. The van der Waals surface area contributed by atoms with Crippen molar-refractivity contribution in [3.05, 3.63) is 38.0 Å². The van der Waals surface area contributed by atoms with Crippen molar-refractivity contribution in [2.24, 2.45) is 5.41 Å². The van der Waals surface area contributed by atoms with Gasteiger partial charge in [0.25, 0.3) is 0 Å². The highest BCUT2D eigenvalue weighted by Gasteiger charge is 2.31. The number of aliphatic hydroxyl groups excluding tert-OH is 4. The van der Waals surface area contributed by atoms with E-state index in [0.717, 1.165) is 18.9 Å². The molecule has 0 aromatic heterocycles. The van der Waals surface area contributed by atoms with E-state index in [1.807, 2.05) is 24.8 Å². The molecule has 0 amide bonds. The quantitative estimate of drug-likeness (QED) is 0.292. The molecule has 6 nitrogen and oxygen atoms in total. The van der Waals surface area contributed by atoms with Crippen molar-refractivity contribution >= 4 is 8.56 Å². The fourth-order valence-electron chi connectivity index (χ4n) is 1.66. The monoisotopic (exact) mass is 362 g/mol. The fourth-order valence-corrected chi connectivity index (χ4v) is 3.44. The average molecular weight is 363 g/mol. The first kappa shape index (κ1) is 25.4. The Morgan fingerprint density at radius 2 is 1.33 bits per heavy atom. The SMILES string of the molecule is C=CCC(CC=C)O[Si](C)(CC=C)OC.OCC(CO)(CO)CO. The van der Waals surface area contributed by atoms with Gasteiger partial charge >= 0.3 is 8.56 Å². The van der Waals surface area contributed by atoms with Crippen molar-refractivity contribution in [1.82, 2.24) is 0 Å². The Morgan fingerprint density at radius 3 is 1.54 bits per heavy atom. The lowest BCUT2D eigenvalue weighted by atomic mass is 9.93. The number of rotatable bonds is 13.